The molecule has 240 valence electrons. The number of nitrogens with one attached hydrogen (secondary N) is 2. The first-order valence-corrected chi connectivity index (χ1v) is 15.5. The van der Waals surface area contributed by atoms with Crippen LogP contribution in [0, 0.1) is 12.7 Å². The Morgan fingerprint density at radius 1 is 1.04 bits per heavy atom. The maximum Gasteiger partial charge on any atom is 0.337 e. The van der Waals surface area contributed by atoms with Gasteiger partial charge in [-0.2, -0.15) is 0 Å². The Morgan fingerprint density at radius 3 is 2.43 bits per heavy atom. The molecule has 46 heavy (non-hydrogen) atoms. The standard InChI is InChI=1S/C36H38FN3O6/c1-4-45-35(42)32-31(34(41)39-27-10-5-23(2)29(37)21-27)30-15-16-36(32,46-30)33(38-26-11-13-28(43-3)14-12-26)25-8-6-24(7-9-25)22-40-17-19-44-20-18-40/h5-16,21,30,33,38H,4,17-20,22H2,1-3H3,(H,39,41). The first kappa shape index (κ1) is 31.5. The van der Waals surface area contributed by atoms with E-state index in [2.05, 4.69) is 27.7 Å². The highest BCUT2D eigenvalue weighted by atomic mass is 19.1. The van der Waals surface area contributed by atoms with Crippen molar-refractivity contribution in [1.29, 1.82) is 0 Å². The molecule has 3 aliphatic rings. The van der Waals surface area contributed by atoms with Crippen LogP contribution in [0.1, 0.15) is 29.7 Å². The van der Waals surface area contributed by atoms with Gasteiger partial charge in [0.1, 0.15) is 23.3 Å². The second-order valence-corrected chi connectivity index (χ2v) is 11.6. The van der Waals surface area contributed by atoms with E-state index in [1.165, 1.54) is 6.07 Å². The van der Waals surface area contributed by atoms with Gasteiger partial charge in [-0.1, -0.05) is 36.4 Å². The van der Waals surface area contributed by atoms with Gasteiger partial charge in [-0.3, -0.25) is 9.69 Å². The number of methoxy groups -OCH3 is 1. The van der Waals surface area contributed by atoms with Crippen molar-refractivity contribution < 1.29 is 32.9 Å². The van der Waals surface area contributed by atoms with Gasteiger partial charge in [0.05, 0.1) is 44.1 Å². The number of carbonyl (C=O) groups is 2. The molecule has 0 aromatic heterocycles. The third-order valence-electron chi connectivity index (χ3n) is 8.59. The molecule has 0 radical (unpaired) electrons. The molecule has 3 aromatic rings. The molecule has 0 saturated carbocycles. The van der Waals surface area contributed by atoms with Gasteiger partial charge in [-0.05, 0) is 73.0 Å². The van der Waals surface area contributed by atoms with Crippen LogP contribution in [0.5, 0.6) is 5.75 Å². The van der Waals surface area contributed by atoms with Crippen molar-refractivity contribution in [3.8, 4) is 5.75 Å². The molecule has 2 bridgehead atoms. The van der Waals surface area contributed by atoms with E-state index >= 15 is 0 Å². The lowest BCUT2D eigenvalue weighted by atomic mass is 9.78. The third kappa shape index (κ3) is 6.28. The molecular formula is C36H38FN3O6. The van der Waals surface area contributed by atoms with E-state index in [0.717, 1.165) is 49.7 Å². The van der Waals surface area contributed by atoms with Gasteiger partial charge in [0, 0.05) is 31.0 Å². The molecule has 6 rings (SSSR count). The fraction of sp³-hybridized carbons (Fsp3) is 0.333. The lowest BCUT2D eigenvalue weighted by Gasteiger charge is -2.36. The highest BCUT2D eigenvalue weighted by molar-refractivity contribution is 6.12. The van der Waals surface area contributed by atoms with Crippen molar-refractivity contribution >= 4 is 23.3 Å². The molecule has 3 heterocycles. The Balaban J connectivity index is 1.40. The van der Waals surface area contributed by atoms with Crippen molar-refractivity contribution in [3.63, 3.8) is 0 Å². The number of hydrogen-bond donors (Lipinski definition) is 2. The van der Waals surface area contributed by atoms with Crippen LogP contribution in [-0.2, 0) is 30.3 Å². The van der Waals surface area contributed by atoms with E-state index in [1.807, 2.05) is 42.5 Å². The highest BCUT2D eigenvalue weighted by Gasteiger charge is 2.58. The van der Waals surface area contributed by atoms with Gasteiger partial charge in [0.15, 0.2) is 0 Å². The summed E-state index contributed by atoms with van der Waals surface area (Å²) in [6, 6.07) is 19.4. The predicted octanol–water partition coefficient (Wildman–Crippen LogP) is 5.33. The summed E-state index contributed by atoms with van der Waals surface area (Å²) in [6.07, 6.45) is 2.80. The molecular weight excluding hydrogens is 589 g/mol. The number of esters is 1. The SMILES string of the molecule is CCOC(=O)C1=C(C(=O)Nc2ccc(C)c(F)c2)C2C=CC1(C(Nc1ccc(OC)cc1)c1ccc(CN3CCOCC3)cc1)O2. The molecule has 1 fully saturated rings. The average Bonchev–Trinajstić information content (AvgIpc) is 3.65. The largest absolute Gasteiger partial charge is 0.497 e. The fourth-order valence-corrected chi connectivity index (χ4v) is 6.19. The number of carbonyl (C=O) groups excluding carboxylic acids is 2. The molecule has 3 unspecified atom stereocenters. The number of halogens is 1. The summed E-state index contributed by atoms with van der Waals surface area (Å²) >= 11 is 0. The molecule has 2 N–H and O–H groups in total. The minimum Gasteiger partial charge on any atom is -0.497 e. The number of aryl methyl sites for hydroxylation is 1. The van der Waals surface area contributed by atoms with E-state index in [9.17, 15) is 14.0 Å². The van der Waals surface area contributed by atoms with Crippen LogP contribution in [0.4, 0.5) is 15.8 Å². The molecule has 1 amide bonds. The number of anilines is 2. The maximum absolute atomic E-state index is 14.3. The molecule has 0 aliphatic carbocycles. The third-order valence-corrected chi connectivity index (χ3v) is 8.59. The second-order valence-electron chi connectivity index (χ2n) is 11.6. The Labute approximate surface area is 268 Å². The molecule has 0 spiro atoms. The Hall–Kier alpha value is -4.51. The molecule has 3 aromatic carbocycles. The van der Waals surface area contributed by atoms with Gasteiger partial charge in [-0.15, -0.1) is 0 Å². The predicted molar refractivity (Wildman–Crippen MR) is 172 cm³/mol. The van der Waals surface area contributed by atoms with E-state index in [4.69, 9.17) is 18.9 Å². The Morgan fingerprint density at radius 2 is 1.76 bits per heavy atom. The summed E-state index contributed by atoms with van der Waals surface area (Å²) in [5.41, 5.74) is 2.33. The molecule has 3 aliphatic heterocycles. The molecule has 9 nitrogen and oxygen atoms in total. The number of amides is 1. The Bertz CT molecular complexity index is 1650. The zero-order chi connectivity index (χ0) is 32.3. The van der Waals surface area contributed by atoms with Crippen LogP contribution in [0.15, 0.2) is 90.0 Å². The molecule has 1 saturated heterocycles. The van der Waals surface area contributed by atoms with Gasteiger partial charge in [0.2, 0.25) is 0 Å². The number of nitrogens with zero attached hydrogens (tertiary/aromatic N) is 1. The molecule has 10 heteroatoms. The minimum absolute atomic E-state index is 0.107. The lowest BCUT2D eigenvalue weighted by molar-refractivity contribution is -0.140. The fourth-order valence-electron chi connectivity index (χ4n) is 6.19. The van der Waals surface area contributed by atoms with Crippen LogP contribution in [0.3, 0.4) is 0 Å². The summed E-state index contributed by atoms with van der Waals surface area (Å²) in [5, 5.41) is 6.34. The lowest BCUT2D eigenvalue weighted by Crippen LogP contribution is -2.42. The van der Waals surface area contributed by atoms with E-state index in [0.29, 0.717) is 11.3 Å². The monoisotopic (exact) mass is 627 g/mol. The van der Waals surface area contributed by atoms with E-state index in [1.54, 1.807) is 39.2 Å². The highest BCUT2D eigenvalue weighted by Crippen LogP contribution is 2.51. The van der Waals surface area contributed by atoms with Crippen molar-refractivity contribution in [3.05, 3.63) is 113 Å². The van der Waals surface area contributed by atoms with Crippen molar-refractivity contribution in [2.75, 3.05) is 50.7 Å². The van der Waals surface area contributed by atoms with Crippen molar-refractivity contribution in [2.45, 2.75) is 38.1 Å². The first-order chi connectivity index (χ1) is 22.3. The first-order valence-electron chi connectivity index (χ1n) is 15.5. The van der Waals surface area contributed by atoms with Gasteiger partial charge in [-0.25, -0.2) is 9.18 Å². The topological polar surface area (TPSA) is 98.4 Å². The summed E-state index contributed by atoms with van der Waals surface area (Å²) in [4.78, 5) is 29.9. The summed E-state index contributed by atoms with van der Waals surface area (Å²) in [5.74, 6) is -0.963. The number of morpholine rings is 1. The zero-order valence-electron chi connectivity index (χ0n) is 26.2. The Kier molecular flexibility index (Phi) is 9.21. The van der Waals surface area contributed by atoms with E-state index < -0.39 is 35.4 Å². The number of hydrogen-bond acceptors (Lipinski definition) is 8. The smallest absolute Gasteiger partial charge is 0.337 e. The van der Waals surface area contributed by atoms with Crippen LogP contribution in [-0.4, -0.2) is 68.5 Å². The summed E-state index contributed by atoms with van der Waals surface area (Å²) < 4.78 is 37.3. The quantitative estimate of drug-likeness (QED) is 0.218. The van der Waals surface area contributed by atoms with Crippen molar-refractivity contribution in [2.24, 2.45) is 0 Å². The minimum atomic E-state index is -1.38. The zero-order valence-corrected chi connectivity index (χ0v) is 26.2. The summed E-state index contributed by atoms with van der Waals surface area (Å²) in [6.45, 7) is 7.45. The van der Waals surface area contributed by atoms with Gasteiger partial charge in [0.25, 0.3) is 5.91 Å². The van der Waals surface area contributed by atoms with Crippen LogP contribution < -0.4 is 15.4 Å². The number of rotatable bonds is 11. The van der Waals surface area contributed by atoms with Crippen LogP contribution in [0.25, 0.3) is 0 Å². The normalized spacial score (nSPS) is 21.3. The van der Waals surface area contributed by atoms with Crippen LogP contribution in [0.2, 0.25) is 0 Å². The number of fused-ring (bicyclic) bond motifs is 2. The second kappa shape index (κ2) is 13.5. The van der Waals surface area contributed by atoms with Crippen molar-refractivity contribution in [1.82, 2.24) is 4.90 Å². The van der Waals surface area contributed by atoms with E-state index in [-0.39, 0.29) is 23.4 Å². The van der Waals surface area contributed by atoms with Gasteiger partial charge < -0.3 is 29.6 Å². The number of ether oxygens (including phenoxy) is 4. The average molecular weight is 628 g/mol. The molecule has 3 atom stereocenters. The number of benzene rings is 3. The maximum atomic E-state index is 14.3. The summed E-state index contributed by atoms with van der Waals surface area (Å²) in [7, 11) is 1.60. The van der Waals surface area contributed by atoms with Crippen LogP contribution >= 0.6 is 0 Å². The van der Waals surface area contributed by atoms with Gasteiger partial charge >= 0.3 is 5.97 Å².